The van der Waals surface area contributed by atoms with Gasteiger partial charge in [-0.1, -0.05) is 6.92 Å². The highest BCUT2D eigenvalue weighted by Crippen LogP contribution is 1.95. The largest absolute Gasteiger partial charge is 0.327 e. The summed E-state index contributed by atoms with van der Waals surface area (Å²) in [5.41, 5.74) is -0.179. The molecular formula is C9H16N2O3S. The van der Waals surface area contributed by atoms with Crippen molar-refractivity contribution in [3.8, 4) is 0 Å². The highest BCUT2D eigenvalue weighted by molar-refractivity contribution is 7.91. The number of hydrogen-bond donors (Lipinski definition) is 0. The molecule has 0 saturated heterocycles. The molecule has 0 atom stereocenters. The summed E-state index contributed by atoms with van der Waals surface area (Å²) in [7, 11) is -1.37. The minimum absolute atomic E-state index is 0.0325. The highest BCUT2D eigenvalue weighted by atomic mass is 32.2. The van der Waals surface area contributed by atoms with Gasteiger partial charge in [0.2, 0.25) is 0 Å². The Bertz CT molecular complexity index is 470. The second-order valence-corrected chi connectivity index (χ2v) is 5.84. The average molecular weight is 232 g/mol. The zero-order chi connectivity index (χ0) is 11.5. The maximum absolute atomic E-state index is 11.4. The first-order valence-corrected chi connectivity index (χ1v) is 6.70. The summed E-state index contributed by atoms with van der Waals surface area (Å²) in [6.07, 6.45) is 3.84. The molecule has 15 heavy (non-hydrogen) atoms. The second-order valence-electron chi connectivity index (χ2n) is 3.54. The molecular weight excluding hydrogens is 216 g/mol. The van der Waals surface area contributed by atoms with Crippen molar-refractivity contribution in [3.05, 3.63) is 22.9 Å². The Morgan fingerprint density at radius 2 is 1.93 bits per heavy atom. The van der Waals surface area contributed by atoms with E-state index in [0.29, 0.717) is 6.42 Å². The van der Waals surface area contributed by atoms with E-state index in [1.807, 2.05) is 6.92 Å². The molecule has 0 fully saturated rings. The van der Waals surface area contributed by atoms with Gasteiger partial charge in [-0.3, -0.25) is 4.57 Å². The van der Waals surface area contributed by atoms with E-state index in [9.17, 15) is 13.2 Å². The lowest BCUT2D eigenvalue weighted by Crippen LogP contribution is -2.25. The van der Waals surface area contributed by atoms with Crippen molar-refractivity contribution < 1.29 is 8.42 Å². The van der Waals surface area contributed by atoms with Crippen molar-refractivity contribution in [2.75, 3.05) is 11.5 Å². The van der Waals surface area contributed by atoms with Gasteiger partial charge in [0.05, 0.1) is 5.75 Å². The maximum Gasteiger partial charge on any atom is 0.327 e. The quantitative estimate of drug-likeness (QED) is 0.718. The lowest BCUT2D eigenvalue weighted by Gasteiger charge is -2.02. The molecule has 0 unspecified atom stereocenters. The predicted molar refractivity (Wildman–Crippen MR) is 58.6 cm³/mol. The Kier molecular flexibility index (Phi) is 3.73. The molecule has 0 spiro atoms. The van der Waals surface area contributed by atoms with Gasteiger partial charge in [-0.2, -0.15) is 0 Å². The molecule has 1 rings (SSSR count). The number of imidazole rings is 1. The smallest absolute Gasteiger partial charge is 0.302 e. The molecule has 0 amide bonds. The van der Waals surface area contributed by atoms with E-state index < -0.39 is 9.84 Å². The molecule has 0 bridgehead atoms. The topological polar surface area (TPSA) is 61.1 Å². The molecule has 5 nitrogen and oxygen atoms in total. The summed E-state index contributed by atoms with van der Waals surface area (Å²) in [6, 6.07) is 0. The third kappa shape index (κ3) is 3.23. The van der Waals surface area contributed by atoms with Gasteiger partial charge in [0, 0.05) is 31.7 Å². The maximum atomic E-state index is 11.4. The summed E-state index contributed by atoms with van der Waals surface area (Å²) in [4.78, 5) is 11.4. The van der Waals surface area contributed by atoms with E-state index >= 15 is 0 Å². The fraction of sp³-hybridized carbons (Fsp3) is 0.667. The Labute approximate surface area is 89.3 Å². The Morgan fingerprint density at radius 3 is 2.40 bits per heavy atom. The third-order valence-electron chi connectivity index (χ3n) is 2.18. The highest BCUT2D eigenvalue weighted by Gasteiger charge is 2.10. The molecule has 0 aliphatic heterocycles. The lowest BCUT2D eigenvalue weighted by molar-refractivity contribution is 0.584. The van der Waals surface area contributed by atoms with E-state index in [-0.39, 0.29) is 23.7 Å². The summed E-state index contributed by atoms with van der Waals surface area (Å²) < 4.78 is 25.6. The lowest BCUT2D eigenvalue weighted by atomic mass is 10.6. The molecule has 0 saturated carbocycles. The van der Waals surface area contributed by atoms with Crippen LogP contribution < -0.4 is 5.69 Å². The molecule has 1 heterocycles. The van der Waals surface area contributed by atoms with Crippen LogP contribution in [0.3, 0.4) is 0 Å². The summed E-state index contributed by atoms with van der Waals surface area (Å²) in [5, 5.41) is 0. The molecule has 6 heteroatoms. The van der Waals surface area contributed by atoms with Crippen LogP contribution in [0, 0.1) is 0 Å². The molecule has 86 valence electrons. The monoisotopic (exact) mass is 232 g/mol. The first-order valence-electron chi connectivity index (χ1n) is 4.88. The van der Waals surface area contributed by atoms with E-state index in [0.717, 1.165) is 0 Å². The third-order valence-corrected chi connectivity index (χ3v) is 4.01. The first kappa shape index (κ1) is 12.0. The molecule has 0 N–H and O–H groups in total. The molecule has 0 aliphatic rings. The zero-order valence-corrected chi connectivity index (χ0v) is 9.83. The minimum atomic E-state index is -3.01. The summed E-state index contributed by atoms with van der Waals surface area (Å²) in [5.74, 6) is 0.222. The molecule has 0 aliphatic carbocycles. The van der Waals surface area contributed by atoms with Crippen LogP contribution in [0.5, 0.6) is 0 Å². The van der Waals surface area contributed by atoms with Crippen LogP contribution in [0.4, 0.5) is 0 Å². The van der Waals surface area contributed by atoms with Crippen LogP contribution in [0.25, 0.3) is 0 Å². The van der Waals surface area contributed by atoms with Gasteiger partial charge in [0.25, 0.3) is 0 Å². The van der Waals surface area contributed by atoms with Crippen LogP contribution in [0.2, 0.25) is 0 Å². The van der Waals surface area contributed by atoms with Crippen LogP contribution in [-0.2, 0) is 23.4 Å². The van der Waals surface area contributed by atoms with Gasteiger partial charge in [-0.25, -0.2) is 13.2 Å². The van der Waals surface area contributed by atoms with Crippen molar-refractivity contribution in [1.29, 1.82) is 0 Å². The van der Waals surface area contributed by atoms with Crippen LogP contribution >= 0.6 is 0 Å². The fourth-order valence-electron chi connectivity index (χ4n) is 1.33. The number of sulfone groups is 1. The molecule has 1 aromatic heterocycles. The van der Waals surface area contributed by atoms with E-state index in [1.54, 1.807) is 19.4 Å². The average Bonchev–Trinajstić information content (AvgIpc) is 2.45. The van der Waals surface area contributed by atoms with Gasteiger partial charge in [-0.05, 0) is 6.42 Å². The van der Waals surface area contributed by atoms with Gasteiger partial charge >= 0.3 is 5.69 Å². The second kappa shape index (κ2) is 4.65. The summed E-state index contributed by atoms with van der Waals surface area (Å²) in [6.45, 7) is 2.06. The Hall–Kier alpha value is -1.04. The predicted octanol–water partition coefficient (Wildman–Crippen LogP) is 0.0116. The molecule has 0 aromatic carbocycles. The molecule has 1 aromatic rings. The normalized spacial score (nSPS) is 11.9. The Balaban J connectivity index is 2.66. The standard InChI is InChI=1S/C9H16N2O3S/c1-3-7-15(13,14)8-6-11-5-4-10(2)9(11)12/h4-5H,3,6-8H2,1-2H3. The molecule has 0 radical (unpaired) electrons. The van der Waals surface area contributed by atoms with Crippen molar-refractivity contribution in [2.45, 2.75) is 19.9 Å². The van der Waals surface area contributed by atoms with Crippen molar-refractivity contribution in [2.24, 2.45) is 7.05 Å². The van der Waals surface area contributed by atoms with Gasteiger partial charge in [0.15, 0.2) is 9.84 Å². The Morgan fingerprint density at radius 1 is 1.27 bits per heavy atom. The first-order chi connectivity index (χ1) is 6.96. The van der Waals surface area contributed by atoms with Gasteiger partial charge in [0.1, 0.15) is 0 Å². The van der Waals surface area contributed by atoms with Crippen LogP contribution in [0.15, 0.2) is 17.2 Å². The van der Waals surface area contributed by atoms with Gasteiger partial charge < -0.3 is 4.57 Å². The minimum Gasteiger partial charge on any atom is -0.302 e. The number of aryl methyl sites for hydroxylation is 2. The summed E-state index contributed by atoms with van der Waals surface area (Å²) >= 11 is 0. The van der Waals surface area contributed by atoms with Crippen molar-refractivity contribution in [1.82, 2.24) is 9.13 Å². The SMILES string of the molecule is CCCS(=O)(=O)CCn1ccn(C)c1=O. The van der Waals surface area contributed by atoms with E-state index in [2.05, 4.69) is 0 Å². The van der Waals surface area contributed by atoms with E-state index in [4.69, 9.17) is 0 Å². The van der Waals surface area contributed by atoms with E-state index in [1.165, 1.54) is 9.13 Å². The number of hydrogen-bond acceptors (Lipinski definition) is 3. The van der Waals surface area contributed by atoms with Gasteiger partial charge in [-0.15, -0.1) is 0 Å². The van der Waals surface area contributed by atoms with Crippen molar-refractivity contribution >= 4 is 9.84 Å². The van der Waals surface area contributed by atoms with Crippen LogP contribution in [0.1, 0.15) is 13.3 Å². The van der Waals surface area contributed by atoms with Crippen LogP contribution in [-0.4, -0.2) is 29.1 Å². The zero-order valence-electron chi connectivity index (χ0n) is 9.01. The number of rotatable bonds is 5. The number of aromatic nitrogens is 2. The number of nitrogens with zero attached hydrogens (tertiary/aromatic N) is 2. The fourth-order valence-corrected chi connectivity index (χ4v) is 2.63. The van der Waals surface area contributed by atoms with Crippen molar-refractivity contribution in [3.63, 3.8) is 0 Å².